The second-order valence-corrected chi connectivity index (χ2v) is 16.9. The summed E-state index contributed by atoms with van der Waals surface area (Å²) in [6.07, 6.45) is -50.8. The number of rotatable bonds is 7. The van der Waals surface area contributed by atoms with Gasteiger partial charge in [-0.3, -0.25) is 0 Å². The van der Waals surface area contributed by atoms with Crippen LogP contribution in [-0.2, 0) is 56.0 Å². The van der Waals surface area contributed by atoms with Crippen molar-refractivity contribution >= 4 is 28.0 Å². The predicted molar refractivity (Wildman–Crippen MR) is 228 cm³/mol. The minimum atomic E-state index is -6.13. The number of alkyl halides is 24. The first-order valence-corrected chi connectivity index (χ1v) is 21.2. The molecule has 7 rings (SSSR count). The molecule has 77 heavy (non-hydrogen) atoms. The Morgan fingerprint density at radius 3 is 0.792 bits per heavy atom. The van der Waals surface area contributed by atoms with Gasteiger partial charge in [0, 0.05) is 23.3 Å². The largest absolute Gasteiger partial charge is 0.416 e. The standard InChI is InChI=1S/C32H12BF24.C18H15FN/c34-25(35,36)13-1-14(26(37,38)39)6-21(5-13)33(22-7-15(27(40,41)42)2-16(8-22)28(43,44)45,23-9-17(29(46,47)48)3-18(10-23)30(49,50)51)24-11-19(31(52,53)54)4-20(12-24)32(55,56)57;19-18-9-5-4-8-17(18)16-10-12-20(13-11-16)14-15-6-2-1-3-7-15/h1-12H;1-13H,14H2/q-1;+1. The van der Waals surface area contributed by atoms with Crippen molar-refractivity contribution in [2.45, 2.75) is 56.0 Å². The number of aromatic nitrogens is 1. The molecular weight excluding hydrogens is 1100 g/mol. The van der Waals surface area contributed by atoms with Gasteiger partial charge in [-0.2, -0.15) is 127 Å². The molecule has 7 aromatic rings. The van der Waals surface area contributed by atoms with Crippen LogP contribution in [0.4, 0.5) is 110 Å². The molecule has 1 heterocycles. The number of benzene rings is 6. The summed E-state index contributed by atoms with van der Waals surface area (Å²) in [5, 5.41) is 0. The minimum Gasteiger partial charge on any atom is -0.206 e. The molecule has 0 aliphatic carbocycles. The number of hydrogen-bond donors (Lipinski definition) is 0. The molecule has 6 aromatic carbocycles. The Morgan fingerprint density at radius 2 is 0.545 bits per heavy atom. The van der Waals surface area contributed by atoms with E-state index >= 15 is 0 Å². The normalized spacial score (nSPS) is 13.3. The first kappa shape index (κ1) is 59.0. The third-order valence-corrected chi connectivity index (χ3v) is 11.7. The van der Waals surface area contributed by atoms with Crippen molar-refractivity contribution in [1.29, 1.82) is 0 Å². The van der Waals surface area contributed by atoms with E-state index in [1.165, 1.54) is 11.6 Å². The van der Waals surface area contributed by atoms with Gasteiger partial charge in [-0.25, -0.2) is 8.96 Å². The summed E-state index contributed by atoms with van der Waals surface area (Å²) >= 11 is 0. The number of hydrogen-bond acceptors (Lipinski definition) is 0. The molecule has 1 nitrogen and oxygen atoms in total. The maximum absolute atomic E-state index is 14.2. The highest BCUT2D eigenvalue weighted by atomic mass is 19.4. The van der Waals surface area contributed by atoms with Crippen LogP contribution in [0.15, 0.2) is 152 Å². The predicted octanol–water partition coefficient (Wildman–Crippen LogP) is 15.0. The molecule has 27 heteroatoms. The average Bonchev–Trinajstić information content (AvgIpc) is 3.30. The lowest BCUT2D eigenvalue weighted by molar-refractivity contribution is -0.688. The van der Waals surface area contributed by atoms with E-state index in [0.29, 0.717) is 5.56 Å². The van der Waals surface area contributed by atoms with Gasteiger partial charge in [0.15, 0.2) is 18.9 Å². The second kappa shape index (κ2) is 20.6. The van der Waals surface area contributed by atoms with Crippen LogP contribution in [-0.4, -0.2) is 6.15 Å². The Balaban J connectivity index is 0.000000397. The Kier molecular flexibility index (Phi) is 15.8. The van der Waals surface area contributed by atoms with E-state index < -0.39 is 195 Å². The molecule has 0 aliphatic rings. The van der Waals surface area contributed by atoms with Gasteiger partial charge in [-0.15, -0.1) is 0 Å². The fourth-order valence-corrected chi connectivity index (χ4v) is 8.30. The fourth-order valence-electron chi connectivity index (χ4n) is 8.30. The highest BCUT2D eigenvalue weighted by Gasteiger charge is 2.47. The molecule has 0 atom stereocenters. The molecule has 0 unspecified atom stereocenters. The zero-order chi connectivity index (χ0) is 57.7. The average molecular weight is 1130 g/mol. The lowest BCUT2D eigenvalue weighted by Gasteiger charge is -2.46. The third kappa shape index (κ3) is 13.7. The Morgan fingerprint density at radius 1 is 0.299 bits per heavy atom. The number of halogens is 25. The molecule has 0 aliphatic heterocycles. The zero-order valence-electron chi connectivity index (χ0n) is 37.6. The van der Waals surface area contributed by atoms with E-state index in [-0.39, 0.29) is 5.82 Å². The summed E-state index contributed by atoms with van der Waals surface area (Å²) in [6.45, 7) is 0.818. The fraction of sp³-hybridized carbons (Fsp3) is 0.180. The van der Waals surface area contributed by atoms with Crippen molar-refractivity contribution < 1.29 is 114 Å². The molecule has 1 aromatic heterocycles. The van der Waals surface area contributed by atoms with Crippen LogP contribution in [0.25, 0.3) is 11.1 Å². The van der Waals surface area contributed by atoms with Gasteiger partial charge in [0.05, 0.1) is 44.5 Å². The summed E-state index contributed by atoms with van der Waals surface area (Å²) in [5.41, 5.74) is -27.4. The van der Waals surface area contributed by atoms with Crippen LogP contribution in [0, 0.1) is 5.82 Å². The molecule has 0 bridgehead atoms. The monoisotopic (exact) mass is 1130 g/mol. The summed E-state index contributed by atoms with van der Waals surface area (Å²) in [5.74, 6) is -0.187. The SMILES string of the molecule is FC(F)(F)c1cc([B-](c2cc(C(F)(F)F)cc(C(F)(F)F)c2)(c2cc(C(F)(F)F)cc(C(F)(F)F)c2)c2cc(C(F)(F)F)cc(C(F)(F)F)c2)cc(C(F)(F)F)c1.Fc1ccccc1-c1cc[n+](Cc2ccccc2)cc1. The molecule has 0 amide bonds. The first-order chi connectivity index (χ1) is 35.1. The van der Waals surface area contributed by atoms with Crippen LogP contribution in [0.3, 0.4) is 0 Å². The maximum atomic E-state index is 14.2. The third-order valence-electron chi connectivity index (χ3n) is 11.7. The molecule has 0 saturated carbocycles. The van der Waals surface area contributed by atoms with Crippen LogP contribution >= 0.6 is 0 Å². The van der Waals surface area contributed by atoms with E-state index in [2.05, 4.69) is 16.7 Å². The van der Waals surface area contributed by atoms with Gasteiger partial charge in [0.1, 0.15) is 12.0 Å². The van der Waals surface area contributed by atoms with E-state index in [4.69, 9.17) is 0 Å². The summed E-state index contributed by atoms with van der Waals surface area (Å²) in [4.78, 5) is 0. The summed E-state index contributed by atoms with van der Waals surface area (Å²) in [7, 11) is 0. The van der Waals surface area contributed by atoms with Gasteiger partial charge in [0.2, 0.25) is 0 Å². The van der Waals surface area contributed by atoms with Crippen molar-refractivity contribution in [3.8, 4) is 11.1 Å². The molecule has 0 spiro atoms. The number of pyridine rings is 1. The van der Waals surface area contributed by atoms with E-state index in [0.717, 1.165) is 12.1 Å². The molecule has 0 N–H and O–H groups in total. The molecular formula is C50H27BF25N. The molecule has 410 valence electrons. The highest BCUT2D eigenvalue weighted by Crippen LogP contribution is 2.41. The second-order valence-electron chi connectivity index (χ2n) is 16.9. The quantitative estimate of drug-likeness (QED) is 0.0851. The van der Waals surface area contributed by atoms with Gasteiger partial charge in [-0.05, 0) is 35.9 Å². The topological polar surface area (TPSA) is 3.88 Å². The highest BCUT2D eigenvalue weighted by molar-refractivity contribution is 7.20. The summed E-state index contributed by atoms with van der Waals surface area (Å²) in [6, 6.07) is 12.2. The van der Waals surface area contributed by atoms with Crippen LogP contribution in [0.1, 0.15) is 50.1 Å². The first-order valence-electron chi connectivity index (χ1n) is 21.2. The van der Waals surface area contributed by atoms with Crippen LogP contribution in [0.2, 0.25) is 0 Å². The Labute approximate surface area is 416 Å². The lowest BCUT2D eigenvalue weighted by Crippen LogP contribution is -2.75. The lowest BCUT2D eigenvalue weighted by atomic mass is 9.12. The van der Waals surface area contributed by atoms with Gasteiger partial charge >= 0.3 is 49.4 Å². The molecule has 0 saturated heterocycles. The van der Waals surface area contributed by atoms with Crippen LogP contribution in [0.5, 0.6) is 0 Å². The zero-order valence-corrected chi connectivity index (χ0v) is 37.6. The Bertz CT molecular complexity index is 2770. The van der Waals surface area contributed by atoms with E-state index in [1.807, 2.05) is 48.8 Å². The van der Waals surface area contributed by atoms with E-state index in [1.54, 1.807) is 12.1 Å². The smallest absolute Gasteiger partial charge is 0.206 e. The van der Waals surface area contributed by atoms with Crippen LogP contribution < -0.4 is 26.4 Å². The van der Waals surface area contributed by atoms with Crippen molar-refractivity contribution in [2.24, 2.45) is 0 Å². The Hall–Kier alpha value is -7.22. The van der Waals surface area contributed by atoms with Gasteiger partial charge in [-0.1, -0.05) is 97.1 Å². The van der Waals surface area contributed by atoms with Crippen molar-refractivity contribution in [3.05, 3.63) is 208 Å². The van der Waals surface area contributed by atoms with Gasteiger partial charge < -0.3 is 0 Å². The number of nitrogens with zero attached hydrogens (tertiary/aromatic N) is 1. The van der Waals surface area contributed by atoms with Gasteiger partial charge in [0.25, 0.3) is 0 Å². The van der Waals surface area contributed by atoms with Crippen molar-refractivity contribution in [3.63, 3.8) is 0 Å². The molecule has 0 radical (unpaired) electrons. The van der Waals surface area contributed by atoms with E-state index in [9.17, 15) is 110 Å². The molecule has 0 fully saturated rings. The summed E-state index contributed by atoms with van der Waals surface area (Å²) < 4.78 is 357. The van der Waals surface area contributed by atoms with Crippen molar-refractivity contribution in [2.75, 3.05) is 0 Å². The van der Waals surface area contributed by atoms with Crippen molar-refractivity contribution in [1.82, 2.24) is 0 Å². The minimum absolute atomic E-state index is 0.187. The maximum Gasteiger partial charge on any atom is 0.416 e.